The first-order chi connectivity index (χ1) is 7.81. The summed E-state index contributed by atoms with van der Waals surface area (Å²) in [6, 6.07) is 0. The number of carbonyl (C=O) groups excluding carboxylic acids is 1. The van der Waals surface area contributed by atoms with E-state index in [4.69, 9.17) is 4.74 Å². The second-order valence-corrected chi connectivity index (χ2v) is 4.82. The summed E-state index contributed by atoms with van der Waals surface area (Å²) in [6.45, 7) is 5.76. The van der Waals surface area contributed by atoms with Gasteiger partial charge in [0.25, 0.3) is 0 Å². The fourth-order valence-electron chi connectivity index (χ4n) is 2.62. The number of rotatable bonds is 4. The molecule has 4 nitrogen and oxygen atoms in total. The minimum atomic E-state index is 0.0827. The van der Waals surface area contributed by atoms with Gasteiger partial charge in [0.2, 0.25) is 5.91 Å². The molecule has 16 heavy (non-hydrogen) atoms. The molecule has 1 amide bonds. The van der Waals surface area contributed by atoms with Gasteiger partial charge in [-0.25, -0.2) is 0 Å². The Balaban J connectivity index is 1.74. The number of hydrogen-bond donors (Lipinski definition) is 2. The molecule has 0 aromatic heterocycles. The maximum Gasteiger partial charge on any atom is 0.225 e. The van der Waals surface area contributed by atoms with Gasteiger partial charge in [0, 0.05) is 13.2 Å². The standard InChI is InChI=1S/C12H22N2O2/c1-2-11-10(4-6-16-11)12(15)14-8-9-3-5-13-7-9/h9-11,13H,2-8H2,1H3,(H,14,15). The van der Waals surface area contributed by atoms with Crippen molar-refractivity contribution in [1.29, 1.82) is 0 Å². The summed E-state index contributed by atoms with van der Waals surface area (Å²) in [5, 5.41) is 6.38. The highest BCUT2D eigenvalue weighted by molar-refractivity contribution is 5.79. The van der Waals surface area contributed by atoms with Crippen molar-refractivity contribution in [3.05, 3.63) is 0 Å². The molecular weight excluding hydrogens is 204 g/mol. The number of nitrogens with one attached hydrogen (secondary N) is 2. The molecule has 2 aliphatic heterocycles. The van der Waals surface area contributed by atoms with Crippen LogP contribution >= 0.6 is 0 Å². The molecule has 2 aliphatic rings. The highest BCUT2D eigenvalue weighted by Gasteiger charge is 2.32. The third kappa shape index (κ3) is 2.74. The lowest BCUT2D eigenvalue weighted by atomic mass is 9.98. The quantitative estimate of drug-likeness (QED) is 0.735. The minimum absolute atomic E-state index is 0.0827. The zero-order chi connectivity index (χ0) is 11.4. The van der Waals surface area contributed by atoms with Crippen LogP contribution < -0.4 is 10.6 Å². The largest absolute Gasteiger partial charge is 0.377 e. The Morgan fingerprint density at radius 3 is 3.06 bits per heavy atom. The van der Waals surface area contributed by atoms with Gasteiger partial charge >= 0.3 is 0 Å². The molecule has 2 rings (SSSR count). The third-order valence-corrected chi connectivity index (χ3v) is 3.68. The van der Waals surface area contributed by atoms with E-state index in [1.54, 1.807) is 0 Å². The van der Waals surface area contributed by atoms with Crippen LogP contribution in [0.1, 0.15) is 26.2 Å². The Morgan fingerprint density at radius 2 is 2.38 bits per heavy atom. The molecule has 2 fully saturated rings. The summed E-state index contributed by atoms with van der Waals surface area (Å²) in [5.74, 6) is 0.891. The Morgan fingerprint density at radius 1 is 1.50 bits per heavy atom. The van der Waals surface area contributed by atoms with Gasteiger partial charge in [0.15, 0.2) is 0 Å². The van der Waals surface area contributed by atoms with Gasteiger partial charge in [0.05, 0.1) is 12.0 Å². The lowest BCUT2D eigenvalue weighted by Gasteiger charge is -2.17. The van der Waals surface area contributed by atoms with Crippen LogP contribution in [0.25, 0.3) is 0 Å². The van der Waals surface area contributed by atoms with E-state index in [0.29, 0.717) is 5.92 Å². The maximum atomic E-state index is 12.0. The summed E-state index contributed by atoms with van der Waals surface area (Å²) < 4.78 is 5.53. The average molecular weight is 226 g/mol. The van der Waals surface area contributed by atoms with Crippen molar-refractivity contribution in [1.82, 2.24) is 10.6 Å². The van der Waals surface area contributed by atoms with E-state index in [-0.39, 0.29) is 17.9 Å². The van der Waals surface area contributed by atoms with Crippen molar-refractivity contribution in [2.45, 2.75) is 32.3 Å². The van der Waals surface area contributed by atoms with E-state index < -0.39 is 0 Å². The van der Waals surface area contributed by atoms with Crippen LogP contribution in [0.4, 0.5) is 0 Å². The van der Waals surface area contributed by atoms with Crippen molar-refractivity contribution in [3.8, 4) is 0 Å². The lowest BCUT2D eigenvalue weighted by Crippen LogP contribution is -2.38. The van der Waals surface area contributed by atoms with Gasteiger partial charge in [-0.2, -0.15) is 0 Å². The van der Waals surface area contributed by atoms with E-state index in [9.17, 15) is 4.79 Å². The SMILES string of the molecule is CCC1OCCC1C(=O)NCC1CCNC1. The van der Waals surface area contributed by atoms with E-state index in [1.165, 1.54) is 6.42 Å². The van der Waals surface area contributed by atoms with Gasteiger partial charge < -0.3 is 15.4 Å². The van der Waals surface area contributed by atoms with Crippen molar-refractivity contribution in [2.75, 3.05) is 26.2 Å². The van der Waals surface area contributed by atoms with Gasteiger partial charge in [0.1, 0.15) is 0 Å². The fourth-order valence-corrected chi connectivity index (χ4v) is 2.62. The number of ether oxygens (including phenoxy) is 1. The van der Waals surface area contributed by atoms with Gasteiger partial charge in [-0.05, 0) is 38.3 Å². The van der Waals surface area contributed by atoms with E-state index in [0.717, 1.165) is 39.1 Å². The van der Waals surface area contributed by atoms with Crippen molar-refractivity contribution in [3.63, 3.8) is 0 Å². The van der Waals surface area contributed by atoms with Crippen LogP contribution in [-0.2, 0) is 9.53 Å². The molecule has 0 spiro atoms. The molecular formula is C12H22N2O2. The summed E-state index contributed by atoms with van der Waals surface area (Å²) >= 11 is 0. The van der Waals surface area contributed by atoms with Crippen LogP contribution in [0.2, 0.25) is 0 Å². The number of carbonyl (C=O) groups is 1. The van der Waals surface area contributed by atoms with Crippen LogP contribution in [0.5, 0.6) is 0 Å². The first-order valence-corrected chi connectivity index (χ1v) is 6.41. The summed E-state index contributed by atoms with van der Waals surface area (Å²) in [6.07, 6.45) is 3.14. The average Bonchev–Trinajstić information content (AvgIpc) is 2.96. The van der Waals surface area contributed by atoms with Crippen molar-refractivity contribution >= 4 is 5.91 Å². The smallest absolute Gasteiger partial charge is 0.225 e. The normalized spacial score (nSPS) is 34.2. The van der Waals surface area contributed by atoms with E-state index >= 15 is 0 Å². The van der Waals surface area contributed by atoms with E-state index in [1.807, 2.05) is 0 Å². The first kappa shape index (κ1) is 11.9. The Hall–Kier alpha value is -0.610. The zero-order valence-electron chi connectivity index (χ0n) is 10.00. The highest BCUT2D eigenvalue weighted by Crippen LogP contribution is 2.23. The molecule has 3 unspecified atom stereocenters. The molecule has 2 saturated heterocycles. The molecule has 0 bridgehead atoms. The molecule has 0 aromatic carbocycles. The Kier molecular flexibility index (Phi) is 4.18. The molecule has 0 saturated carbocycles. The van der Waals surface area contributed by atoms with Crippen LogP contribution in [0.15, 0.2) is 0 Å². The predicted octanol–water partition coefficient (Wildman–Crippen LogP) is 0.527. The first-order valence-electron chi connectivity index (χ1n) is 6.41. The van der Waals surface area contributed by atoms with Crippen LogP contribution in [0.3, 0.4) is 0 Å². The highest BCUT2D eigenvalue weighted by atomic mass is 16.5. The second kappa shape index (κ2) is 5.64. The molecule has 0 radical (unpaired) electrons. The summed E-state index contributed by atoms with van der Waals surface area (Å²) in [7, 11) is 0. The number of hydrogen-bond acceptors (Lipinski definition) is 3. The second-order valence-electron chi connectivity index (χ2n) is 4.82. The van der Waals surface area contributed by atoms with Gasteiger partial charge in [-0.1, -0.05) is 6.92 Å². The van der Waals surface area contributed by atoms with E-state index in [2.05, 4.69) is 17.6 Å². The molecule has 2 heterocycles. The molecule has 4 heteroatoms. The van der Waals surface area contributed by atoms with Gasteiger partial charge in [-0.15, -0.1) is 0 Å². The predicted molar refractivity (Wildman–Crippen MR) is 62.1 cm³/mol. The van der Waals surface area contributed by atoms with Crippen LogP contribution in [0, 0.1) is 11.8 Å². The Bertz CT molecular complexity index is 239. The summed E-state index contributed by atoms with van der Waals surface area (Å²) in [4.78, 5) is 12.0. The molecule has 92 valence electrons. The molecule has 2 N–H and O–H groups in total. The number of amides is 1. The third-order valence-electron chi connectivity index (χ3n) is 3.68. The zero-order valence-corrected chi connectivity index (χ0v) is 10.00. The molecule has 0 aromatic rings. The molecule has 3 atom stereocenters. The van der Waals surface area contributed by atoms with Crippen molar-refractivity contribution < 1.29 is 9.53 Å². The maximum absolute atomic E-state index is 12.0. The van der Waals surface area contributed by atoms with Crippen LogP contribution in [-0.4, -0.2) is 38.3 Å². The molecule has 0 aliphatic carbocycles. The fraction of sp³-hybridized carbons (Fsp3) is 0.917. The summed E-state index contributed by atoms with van der Waals surface area (Å²) in [5.41, 5.74) is 0. The Labute approximate surface area is 97.1 Å². The van der Waals surface area contributed by atoms with Gasteiger partial charge in [-0.3, -0.25) is 4.79 Å². The monoisotopic (exact) mass is 226 g/mol. The topological polar surface area (TPSA) is 50.4 Å². The minimum Gasteiger partial charge on any atom is -0.377 e. The lowest BCUT2D eigenvalue weighted by molar-refractivity contribution is -0.126. The van der Waals surface area contributed by atoms with Crippen molar-refractivity contribution in [2.24, 2.45) is 11.8 Å².